The molecule has 1 aliphatic rings. The normalized spacial score (nSPS) is 20.0. The third-order valence-corrected chi connectivity index (χ3v) is 2.52. The molecule has 2 rings (SSSR count). The van der Waals surface area contributed by atoms with Crippen LogP contribution in [0.3, 0.4) is 0 Å². The van der Waals surface area contributed by atoms with Gasteiger partial charge >= 0.3 is 6.01 Å². The van der Waals surface area contributed by atoms with E-state index >= 15 is 0 Å². The highest BCUT2D eigenvalue weighted by Crippen LogP contribution is 2.14. The van der Waals surface area contributed by atoms with Crippen LogP contribution >= 0.6 is 24.0 Å². The Morgan fingerprint density at radius 1 is 1.50 bits per heavy atom. The van der Waals surface area contributed by atoms with Gasteiger partial charge in [0.05, 0.1) is 0 Å². The van der Waals surface area contributed by atoms with E-state index in [1.165, 1.54) is 0 Å². The monoisotopic (exact) mass is 263 g/mol. The third-order valence-electron chi connectivity index (χ3n) is 2.33. The minimum Gasteiger partial charge on any atom is -0.459 e. The summed E-state index contributed by atoms with van der Waals surface area (Å²) in [6.07, 6.45) is 2.34. The Balaban J connectivity index is 0.00000128. The van der Waals surface area contributed by atoms with Crippen molar-refractivity contribution in [2.24, 2.45) is 0 Å². The van der Waals surface area contributed by atoms with E-state index in [1.807, 2.05) is 6.92 Å². The summed E-state index contributed by atoms with van der Waals surface area (Å²) in [6.45, 7) is 3.80. The molecule has 0 aliphatic carbocycles. The van der Waals surface area contributed by atoms with Gasteiger partial charge in [0, 0.05) is 12.2 Å². The molecule has 90 valence electrons. The Kier molecular flexibility index (Phi) is 5.25. The van der Waals surface area contributed by atoms with Gasteiger partial charge in [0.15, 0.2) is 0 Å². The van der Waals surface area contributed by atoms with Gasteiger partial charge in [-0.2, -0.15) is 4.98 Å². The van der Waals surface area contributed by atoms with Gasteiger partial charge in [-0.3, -0.25) is 0 Å². The zero-order valence-corrected chi connectivity index (χ0v) is 10.6. The molecule has 2 heterocycles. The van der Waals surface area contributed by atoms with Gasteiger partial charge in [-0.15, -0.1) is 12.4 Å². The van der Waals surface area contributed by atoms with Crippen LogP contribution in [0.1, 0.15) is 18.5 Å². The van der Waals surface area contributed by atoms with Crippen LogP contribution in [0.25, 0.3) is 0 Å². The summed E-state index contributed by atoms with van der Waals surface area (Å²) >= 11 is 5.82. The van der Waals surface area contributed by atoms with Crippen molar-refractivity contribution in [3.8, 4) is 6.01 Å². The lowest BCUT2D eigenvalue weighted by atomic mass is 10.1. The van der Waals surface area contributed by atoms with Crippen LogP contribution in [-0.2, 0) is 0 Å². The summed E-state index contributed by atoms with van der Waals surface area (Å²) in [5.41, 5.74) is 0.828. The first-order chi connectivity index (χ1) is 7.24. The molecule has 0 spiro atoms. The van der Waals surface area contributed by atoms with Gasteiger partial charge in [0.2, 0.25) is 0 Å². The van der Waals surface area contributed by atoms with E-state index < -0.39 is 0 Å². The zero-order valence-electron chi connectivity index (χ0n) is 9.07. The lowest BCUT2D eigenvalue weighted by Crippen LogP contribution is -2.37. The van der Waals surface area contributed by atoms with Crippen LogP contribution in [0.5, 0.6) is 6.01 Å². The molecule has 1 aliphatic heterocycles. The lowest BCUT2D eigenvalue weighted by molar-refractivity contribution is 0.153. The number of nitrogens with one attached hydrogen (secondary N) is 1. The van der Waals surface area contributed by atoms with Crippen LogP contribution in [0.2, 0.25) is 5.15 Å². The Hall–Kier alpha value is -0.580. The molecule has 1 aromatic heterocycles. The summed E-state index contributed by atoms with van der Waals surface area (Å²) in [7, 11) is 0. The predicted molar refractivity (Wildman–Crippen MR) is 65.5 cm³/mol. The minimum absolute atomic E-state index is 0. The highest BCUT2D eigenvalue weighted by Gasteiger charge is 2.15. The molecule has 1 N–H and O–H groups in total. The van der Waals surface area contributed by atoms with Crippen molar-refractivity contribution in [1.82, 2.24) is 15.3 Å². The fraction of sp³-hybridized carbons (Fsp3) is 0.600. The zero-order chi connectivity index (χ0) is 10.7. The van der Waals surface area contributed by atoms with E-state index in [4.69, 9.17) is 16.3 Å². The molecule has 1 fully saturated rings. The number of nitrogens with zero attached hydrogens (tertiary/aromatic N) is 2. The van der Waals surface area contributed by atoms with Gasteiger partial charge < -0.3 is 10.1 Å². The highest BCUT2D eigenvalue weighted by molar-refractivity contribution is 6.29. The standard InChI is InChI=1S/C10H14ClN3O.ClH/c1-7-5-9(11)14-10(13-7)15-8-3-2-4-12-6-8;/h5,8,12H,2-4,6H2,1H3;1H/t8-;/m0./s1. The van der Waals surface area contributed by atoms with Crippen molar-refractivity contribution in [3.63, 3.8) is 0 Å². The fourth-order valence-electron chi connectivity index (χ4n) is 1.63. The first-order valence-corrected chi connectivity index (χ1v) is 5.50. The Morgan fingerprint density at radius 2 is 2.31 bits per heavy atom. The molecule has 1 aromatic rings. The molecule has 0 aromatic carbocycles. The second-order valence-corrected chi connectivity index (χ2v) is 4.09. The number of hydrogen-bond acceptors (Lipinski definition) is 4. The number of aromatic nitrogens is 2. The van der Waals surface area contributed by atoms with Gasteiger partial charge in [0.25, 0.3) is 0 Å². The van der Waals surface area contributed by atoms with E-state index in [0.29, 0.717) is 11.2 Å². The SMILES string of the molecule is Cc1cc(Cl)nc(O[C@H]2CCCNC2)n1.Cl. The molecule has 6 heteroatoms. The maximum atomic E-state index is 5.82. The summed E-state index contributed by atoms with van der Waals surface area (Å²) < 4.78 is 5.65. The van der Waals surface area contributed by atoms with E-state index in [0.717, 1.165) is 31.6 Å². The van der Waals surface area contributed by atoms with Crippen molar-refractivity contribution in [1.29, 1.82) is 0 Å². The van der Waals surface area contributed by atoms with Crippen molar-refractivity contribution in [2.75, 3.05) is 13.1 Å². The number of halogens is 2. The smallest absolute Gasteiger partial charge is 0.318 e. The molecule has 0 bridgehead atoms. The lowest BCUT2D eigenvalue weighted by Gasteiger charge is -2.22. The number of rotatable bonds is 2. The average Bonchev–Trinajstić information content (AvgIpc) is 2.17. The Labute approximate surface area is 106 Å². The first-order valence-electron chi connectivity index (χ1n) is 5.12. The molecule has 0 radical (unpaired) electrons. The average molecular weight is 264 g/mol. The second-order valence-electron chi connectivity index (χ2n) is 3.70. The molecule has 16 heavy (non-hydrogen) atoms. The fourth-order valence-corrected chi connectivity index (χ4v) is 1.86. The molecule has 0 unspecified atom stereocenters. The van der Waals surface area contributed by atoms with E-state index in [9.17, 15) is 0 Å². The van der Waals surface area contributed by atoms with Crippen molar-refractivity contribution < 1.29 is 4.74 Å². The van der Waals surface area contributed by atoms with Gasteiger partial charge in [-0.25, -0.2) is 4.98 Å². The largest absolute Gasteiger partial charge is 0.459 e. The predicted octanol–water partition coefficient (Wildman–Crippen LogP) is 1.99. The van der Waals surface area contributed by atoms with Crippen molar-refractivity contribution in [3.05, 3.63) is 16.9 Å². The van der Waals surface area contributed by atoms with Crippen LogP contribution in [0, 0.1) is 6.92 Å². The van der Waals surface area contributed by atoms with Crippen LogP contribution in [0.4, 0.5) is 0 Å². The highest BCUT2D eigenvalue weighted by atomic mass is 35.5. The van der Waals surface area contributed by atoms with Gasteiger partial charge in [0.1, 0.15) is 11.3 Å². The molecule has 1 saturated heterocycles. The molecular weight excluding hydrogens is 249 g/mol. The quantitative estimate of drug-likeness (QED) is 0.830. The molecule has 1 atom stereocenters. The van der Waals surface area contributed by atoms with Crippen molar-refractivity contribution >= 4 is 24.0 Å². The number of ether oxygens (including phenoxy) is 1. The van der Waals surface area contributed by atoms with E-state index in [1.54, 1.807) is 6.07 Å². The topological polar surface area (TPSA) is 47.0 Å². The van der Waals surface area contributed by atoms with Gasteiger partial charge in [-0.05, 0) is 32.4 Å². The first kappa shape index (κ1) is 13.5. The van der Waals surface area contributed by atoms with E-state index in [-0.39, 0.29) is 18.5 Å². The van der Waals surface area contributed by atoms with Crippen LogP contribution in [-0.4, -0.2) is 29.2 Å². The number of piperidine rings is 1. The molecule has 4 nitrogen and oxygen atoms in total. The maximum Gasteiger partial charge on any atom is 0.318 e. The van der Waals surface area contributed by atoms with Gasteiger partial charge in [-0.1, -0.05) is 11.6 Å². The molecule has 0 saturated carbocycles. The summed E-state index contributed by atoms with van der Waals surface area (Å²) in [5, 5.41) is 3.70. The number of aryl methyl sites for hydroxylation is 1. The molecule has 0 amide bonds. The molecular formula is C10H15Cl2N3O. The summed E-state index contributed by atoms with van der Waals surface area (Å²) in [6, 6.07) is 2.10. The van der Waals surface area contributed by atoms with Crippen LogP contribution < -0.4 is 10.1 Å². The third kappa shape index (κ3) is 3.77. The van der Waals surface area contributed by atoms with Crippen LogP contribution in [0.15, 0.2) is 6.07 Å². The summed E-state index contributed by atoms with van der Waals surface area (Å²) in [5.74, 6) is 0. The number of hydrogen-bond donors (Lipinski definition) is 1. The Morgan fingerprint density at radius 3 is 2.94 bits per heavy atom. The Bertz CT molecular complexity index is 323. The minimum atomic E-state index is 0. The maximum absolute atomic E-state index is 5.82. The second kappa shape index (κ2) is 6.23. The van der Waals surface area contributed by atoms with E-state index in [2.05, 4.69) is 15.3 Å². The summed E-state index contributed by atoms with van der Waals surface area (Å²) in [4.78, 5) is 8.21. The van der Waals surface area contributed by atoms with Crippen molar-refractivity contribution in [2.45, 2.75) is 25.9 Å².